The van der Waals surface area contributed by atoms with Gasteiger partial charge in [-0.1, -0.05) is 24.3 Å². The van der Waals surface area contributed by atoms with Crippen molar-refractivity contribution in [1.82, 2.24) is 4.90 Å². The molecule has 148 valence electrons. The van der Waals surface area contributed by atoms with Gasteiger partial charge >= 0.3 is 5.97 Å². The molecule has 1 aliphatic rings. The van der Waals surface area contributed by atoms with Gasteiger partial charge in [-0.15, -0.1) is 23.5 Å². The molecule has 0 atom stereocenters. The first-order valence-electron chi connectivity index (χ1n) is 9.01. The Labute approximate surface area is 172 Å². The number of halogens is 1. The van der Waals surface area contributed by atoms with Crippen LogP contribution in [0.1, 0.15) is 32.5 Å². The summed E-state index contributed by atoms with van der Waals surface area (Å²) in [5.41, 5.74) is 2.29. The van der Waals surface area contributed by atoms with E-state index in [9.17, 15) is 14.0 Å². The Morgan fingerprint density at radius 2 is 1.86 bits per heavy atom. The third-order valence-corrected chi connectivity index (χ3v) is 7.32. The van der Waals surface area contributed by atoms with Gasteiger partial charge in [-0.25, -0.2) is 9.18 Å². The average Bonchev–Trinajstić information content (AvgIpc) is 2.72. The lowest BCUT2D eigenvalue weighted by molar-refractivity contribution is -0.133. The molecule has 28 heavy (non-hydrogen) atoms. The number of ether oxygens (including phenoxy) is 1. The van der Waals surface area contributed by atoms with E-state index in [0.29, 0.717) is 15.7 Å². The van der Waals surface area contributed by atoms with Crippen LogP contribution in [0.5, 0.6) is 0 Å². The quantitative estimate of drug-likeness (QED) is 0.645. The van der Waals surface area contributed by atoms with Crippen LogP contribution in [0.2, 0.25) is 0 Å². The molecule has 1 aliphatic heterocycles. The fraction of sp³-hybridized carbons (Fsp3) is 0.333. The van der Waals surface area contributed by atoms with E-state index in [1.165, 1.54) is 29.0 Å². The van der Waals surface area contributed by atoms with E-state index in [1.54, 1.807) is 31.3 Å². The fourth-order valence-corrected chi connectivity index (χ4v) is 5.67. The molecular weight excluding hydrogens is 397 g/mol. The predicted molar refractivity (Wildman–Crippen MR) is 112 cm³/mol. The van der Waals surface area contributed by atoms with E-state index >= 15 is 0 Å². The number of nitrogens with zero attached hydrogens (tertiary/aromatic N) is 1. The van der Waals surface area contributed by atoms with Crippen LogP contribution in [0.4, 0.5) is 4.39 Å². The summed E-state index contributed by atoms with van der Waals surface area (Å²) in [5, 5.41) is 0. The second-order valence-electron chi connectivity index (χ2n) is 6.50. The lowest BCUT2D eigenvalue weighted by Crippen LogP contribution is -2.30. The summed E-state index contributed by atoms with van der Waals surface area (Å²) in [6, 6.07) is 13.4. The zero-order chi connectivity index (χ0) is 19.9. The molecule has 7 heteroatoms. The van der Waals surface area contributed by atoms with Crippen molar-refractivity contribution in [3.8, 4) is 0 Å². The fourth-order valence-electron chi connectivity index (χ4n) is 2.77. The molecule has 1 heterocycles. The predicted octanol–water partition coefficient (Wildman–Crippen LogP) is 4.51. The van der Waals surface area contributed by atoms with Crippen LogP contribution in [0, 0.1) is 5.82 Å². The number of amides is 1. The molecule has 2 aromatic carbocycles. The molecule has 0 bridgehead atoms. The number of likely N-dealkylation sites (N-methyl/N-ethyl adjacent to an activating group) is 1. The van der Waals surface area contributed by atoms with Crippen molar-refractivity contribution in [3.63, 3.8) is 0 Å². The summed E-state index contributed by atoms with van der Waals surface area (Å²) in [7, 11) is 1.59. The first-order chi connectivity index (χ1) is 13.5. The van der Waals surface area contributed by atoms with Gasteiger partial charge in [-0.05, 0) is 53.3 Å². The normalized spacial score (nSPS) is 14.5. The zero-order valence-electron chi connectivity index (χ0n) is 15.6. The van der Waals surface area contributed by atoms with Crippen molar-refractivity contribution in [2.24, 2.45) is 0 Å². The smallest absolute Gasteiger partial charge is 0.338 e. The van der Waals surface area contributed by atoms with Crippen molar-refractivity contribution in [3.05, 3.63) is 71.0 Å². The molecule has 0 aromatic heterocycles. The molecule has 4 nitrogen and oxygen atoms in total. The SMILES string of the molecule is CN(Cc1cccc(F)c1)C(=O)COC(=O)c1ccc(C2SCCCS2)cc1. The second kappa shape index (κ2) is 9.98. The van der Waals surface area contributed by atoms with E-state index in [-0.39, 0.29) is 24.9 Å². The first kappa shape index (κ1) is 20.7. The third-order valence-electron chi connectivity index (χ3n) is 4.31. The van der Waals surface area contributed by atoms with E-state index in [0.717, 1.165) is 11.5 Å². The Bertz CT molecular complexity index is 823. The Morgan fingerprint density at radius 3 is 2.54 bits per heavy atom. The van der Waals surface area contributed by atoms with Gasteiger partial charge in [-0.3, -0.25) is 4.79 Å². The number of carbonyl (C=O) groups excluding carboxylic acids is 2. The Balaban J connectivity index is 1.49. The number of thioether (sulfide) groups is 2. The zero-order valence-corrected chi connectivity index (χ0v) is 17.2. The summed E-state index contributed by atoms with van der Waals surface area (Å²) in [4.78, 5) is 25.8. The monoisotopic (exact) mass is 419 g/mol. The highest BCUT2D eigenvalue weighted by atomic mass is 32.2. The van der Waals surface area contributed by atoms with Gasteiger partial charge in [-0.2, -0.15) is 0 Å². The minimum Gasteiger partial charge on any atom is -0.452 e. The minimum atomic E-state index is -0.525. The number of rotatable bonds is 6. The van der Waals surface area contributed by atoms with Gasteiger partial charge in [0.2, 0.25) is 0 Å². The lowest BCUT2D eigenvalue weighted by atomic mass is 10.1. The van der Waals surface area contributed by atoms with Crippen molar-refractivity contribution in [1.29, 1.82) is 0 Å². The van der Waals surface area contributed by atoms with Crippen molar-refractivity contribution < 1.29 is 18.7 Å². The molecule has 1 amide bonds. The highest BCUT2D eigenvalue weighted by Gasteiger charge is 2.18. The molecule has 0 radical (unpaired) electrons. The summed E-state index contributed by atoms with van der Waals surface area (Å²) < 4.78 is 18.8. The molecule has 3 rings (SSSR count). The van der Waals surface area contributed by atoms with E-state index in [4.69, 9.17) is 4.74 Å². The standard InChI is InChI=1S/C21H22FNO3S2/c1-23(13-15-4-2-5-18(22)12-15)19(24)14-26-20(25)16-6-8-17(9-7-16)21-27-10-3-11-28-21/h2,4-9,12,21H,3,10-11,13-14H2,1H3. The van der Waals surface area contributed by atoms with Crippen LogP contribution in [-0.2, 0) is 16.1 Å². The molecule has 1 fully saturated rings. The van der Waals surface area contributed by atoms with Crippen molar-refractivity contribution >= 4 is 35.4 Å². The Morgan fingerprint density at radius 1 is 1.14 bits per heavy atom. The lowest BCUT2D eigenvalue weighted by Gasteiger charge is -2.21. The molecule has 0 spiro atoms. The van der Waals surface area contributed by atoms with E-state index < -0.39 is 5.97 Å². The molecule has 0 N–H and O–H groups in total. The van der Waals surface area contributed by atoms with Crippen LogP contribution in [0.25, 0.3) is 0 Å². The number of benzene rings is 2. The highest BCUT2D eigenvalue weighted by molar-refractivity contribution is 8.16. The second-order valence-corrected chi connectivity index (χ2v) is 9.23. The Kier molecular flexibility index (Phi) is 7.39. The number of esters is 1. The van der Waals surface area contributed by atoms with Gasteiger partial charge in [0.1, 0.15) is 5.82 Å². The first-order valence-corrected chi connectivity index (χ1v) is 11.1. The van der Waals surface area contributed by atoms with E-state index in [2.05, 4.69) is 0 Å². The topological polar surface area (TPSA) is 46.6 Å². The van der Waals surface area contributed by atoms with Crippen molar-refractivity contribution in [2.75, 3.05) is 25.2 Å². The summed E-state index contributed by atoms with van der Waals surface area (Å²) in [6.07, 6.45) is 1.23. The summed E-state index contributed by atoms with van der Waals surface area (Å²) in [5.74, 6) is 1.10. The molecule has 0 aliphatic carbocycles. The van der Waals surface area contributed by atoms with Crippen LogP contribution in [0.3, 0.4) is 0 Å². The Hall–Kier alpha value is -1.99. The van der Waals surface area contributed by atoms with E-state index in [1.807, 2.05) is 35.7 Å². The van der Waals surface area contributed by atoms with Gasteiger partial charge < -0.3 is 9.64 Å². The highest BCUT2D eigenvalue weighted by Crippen LogP contribution is 2.43. The summed E-state index contributed by atoms with van der Waals surface area (Å²) >= 11 is 3.85. The molecular formula is C21H22FNO3S2. The average molecular weight is 420 g/mol. The van der Waals surface area contributed by atoms with Crippen molar-refractivity contribution in [2.45, 2.75) is 17.5 Å². The molecule has 2 aromatic rings. The number of hydrogen-bond donors (Lipinski definition) is 0. The van der Waals surface area contributed by atoms with Crippen LogP contribution in [0.15, 0.2) is 48.5 Å². The molecule has 1 saturated heterocycles. The molecule has 0 unspecified atom stereocenters. The minimum absolute atomic E-state index is 0.250. The third kappa shape index (κ3) is 5.75. The van der Waals surface area contributed by atoms with Crippen LogP contribution < -0.4 is 0 Å². The number of hydrogen-bond acceptors (Lipinski definition) is 5. The maximum Gasteiger partial charge on any atom is 0.338 e. The van der Waals surface area contributed by atoms with Crippen LogP contribution >= 0.6 is 23.5 Å². The maximum atomic E-state index is 13.2. The van der Waals surface area contributed by atoms with Crippen LogP contribution in [-0.4, -0.2) is 41.9 Å². The number of carbonyl (C=O) groups is 2. The van der Waals surface area contributed by atoms with Gasteiger partial charge in [0.25, 0.3) is 5.91 Å². The van der Waals surface area contributed by atoms with Gasteiger partial charge in [0.05, 0.1) is 10.1 Å². The largest absolute Gasteiger partial charge is 0.452 e. The maximum absolute atomic E-state index is 13.2. The summed E-state index contributed by atoms with van der Waals surface area (Å²) in [6.45, 7) is -0.0969. The van der Waals surface area contributed by atoms with Gasteiger partial charge in [0.15, 0.2) is 6.61 Å². The van der Waals surface area contributed by atoms with Gasteiger partial charge in [0, 0.05) is 13.6 Å². The molecule has 0 saturated carbocycles.